The molecule has 1 aliphatic rings. The fraction of sp³-hybridized carbons (Fsp3) is 0.455. The van der Waals surface area contributed by atoms with Gasteiger partial charge < -0.3 is 5.32 Å². The van der Waals surface area contributed by atoms with E-state index < -0.39 is 4.92 Å². The van der Waals surface area contributed by atoms with Crippen LogP contribution in [0.15, 0.2) is 18.2 Å². The quantitative estimate of drug-likeness (QED) is 0.650. The second kappa shape index (κ2) is 3.63. The Bertz CT molecular complexity index is 446. The molecule has 5 heteroatoms. The summed E-state index contributed by atoms with van der Waals surface area (Å²) in [5.41, 5.74) is 0.802. The fourth-order valence-corrected chi connectivity index (χ4v) is 1.86. The first-order chi connectivity index (χ1) is 7.40. The molecule has 0 aromatic heterocycles. The van der Waals surface area contributed by atoms with Gasteiger partial charge in [0.2, 0.25) is 0 Å². The van der Waals surface area contributed by atoms with Crippen LogP contribution in [0.2, 0.25) is 5.02 Å². The van der Waals surface area contributed by atoms with E-state index in [0.29, 0.717) is 16.8 Å². The number of nitrogens with zero attached hydrogens (tertiary/aromatic N) is 1. The van der Waals surface area contributed by atoms with Gasteiger partial charge in [0.05, 0.1) is 4.92 Å². The van der Waals surface area contributed by atoms with Gasteiger partial charge >= 0.3 is 0 Å². The summed E-state index contributed by atoms with van der Waals surface area (Å²) < 4.78 is 0. The lowest BCUT2D eigenvalue weighted by Gasteiger charge is -2.08. The van der Waals surface area contributed by atoms with Crippen molar-refractivity contribution >= 4 is 23.0 Å². The molecule has 1 aromatic rings. The highest BCUT2D eigenvalue weighted by molar-refractivity contribution is 6.31. The molecule has 86 valence electrons. The van der Waals surface area contributed by atoms with Crippen molar-refractivity contribution in [3.63, 3.8) is 0 Å². The summed E-state index contributed by atoms with van der Waals surface area (Å²) in [6.07, 6.45) is 1.02. The van der Waals surface area contributed by atoms with Crippen LogP contribution >= 0.6 is 11.6 Å². The van der Waals surface area contributed by atoms with Crippen LogP contribution in [0.3, 0.4) is 0 Å². The van der Waals surface area contributed by atoms with Crippen LogP contribution in [0, 0.1) is 15.5 Å². The van der Waals surface area contributed by atoms with Crippen molar-refractivity contribution in [3.8, 4) is 0 Å². The highest BCUT2D eigenvalue weighted by Gasteiger charge is 2.46. The first-order valence-corrected chi connectivity index (χ1v) is 5.48. The molecule has 0 heterocycles. The third-order valence-corrected chi connectivity index (χ3v) is 3.23. The Morgan fingerprint density at radius 3 is 2.69 bits per heavy atom. The lowest BCUT2D eigenvalue weighted by atomic mass is 10.2. The van der Waals surface area contributed by atoms with Crippen LogP contribution in [0.1, 0.15) is 20.3 Å². The van der Waals surface area contributed by atoms with Gasteiger partial charge in [-0.25, -0.2) is 0 Å². The first-order valence-electron chi connectivity index (χ1n) is 5.10. The molecule has 1 N–H and O–H groups in total. The molecule has 1 unspecified atom stereocenters. The zero-order valence-corrected chi connectivity index (χ0v) is 9.91. The molecule has 1 saturated carbocycles. The Labute approximate surface area is 98.8 Å². The van der Waals surface area contributed by atoms with Crippen molar-refractivity contribution in [2.45, 2.75) is 26.3 Å². The minimum atomic E-state index is -0.395. The summed E-state index contributed by atoms with van der Waals surface area (Å²) in [5.74, 6) is 0. The van der Waals surface area contributed by atoms with Gasteiger partial charge in [-0.15, -0.1) is 0 Å². The molecule has 0 radical (unpaired) electrons. The van der Waals surface area contributed by atoms with E-state index in [1.165, 1.54) is 12.1 Å². The Kier molecular flexibility index (Phi) is 2.54. The number of hydrogen-bond donors (Lipinski definition) is 1. The van der Waals surface area contributed by atoms with Gasteiger partial charge in [0.15, 0.2) is 0 Å². The predicted molar refractivity (Wildman–Crippen MR) is 63.9 cm³/mol. The summed E-state index contributed by atoms with van der Waals surface area (Å²) >= 11 is 5.83. The number of anilines is 1. The second-order valence-corrected chi connectivity index (χ2v) is 5.24. The van der Waals surface area contributed by atoms with Gasteiger partial charge in [0.25, 0.3) is 5.69 Å². The molecule has 1 atom stereocenters. The van der Waals surface area contributed by atoms with Crippen molar-refractivity contribution in [2.75, 3.05) is 5.32 Å². The van der Waals surface area contributed by atoms with E-state index in [4.69, 9.17) is 11.6 Å². The summed E-state index contributed by atoms with van der Waals surface area (Å²) in [6, 6.07) is 4.86. The number of nitrogens with one attached hydrogen (secondary N) is 1. The van der Waals surface area contributed by atoms with Crippen molar-refractivity contribution in [1.29, 1.82) is 0 Å². The van der Waals surface area contributed by atoms with Crippen LogP contribution in [-0.4, -0.2) is 11.0 Å². The van der Waals surface area contributed by atoms with Gasteiger partial charge in [-0.1, -0.05) is 25.4 Å². The summed E-state index contributed by atoms with van der Waals surface area (Å²) in [6.45, 7) is 4.25. The number of halogens is 1. The highest BCUT2D eigenvalue weighted by Crippen LogP contribution is 2.47. The Balaban J connectivity index is 2.25. The molecule has 0 amide bonds. The van der Waals surface area contributed by atoms with Crippen molar-refractivity contribution in [3.05, 3.63) is 33.3 Å². The number of nitro groups is 1. The third kappa shape index (κ3) is 2.11. The molecule has 16 heavy (non-hydrogen) atoms. The lowest BCUT2D eigenvalue weighted by molar-refractivity contribution is -0.384. The first kappa shape index (κ1) is 11.2. The maximum atomic E-state index is 10.8. The van der Waals surface area contributed by atoms with E-state index in [2.05, 4.69) is 19.2 Å². The highest BCUT2D eigenvalue weighted by atomic mass is 35.5. The van der Waals surface area contributed by atoms with E-state index >= 15 is 0 Å². The average molecular weight is 241 g/mol. The summed E-state index contributed by atoms with van der Waals surface area (Å²) in [5, 5.41) is 14.5. The van der Waals surface area contributed by atoms with Gasteiger partial charge in [0.1, 0.15) is 5.69 Å². The maximum Gasteiger partial charge on any atom is 0.292 e. The normalized spacial score (nSPS) is 21.6. The van der Waals surface area contributed by atoms with E-state index in [1.807, 2.05) is 0 Å². The lowest BCUT2D eigenvalue weighted by Crippen LogP contribution is -2.09. The van der Waals surface area contributed by atoms with Gasteiger partial charge in [-0.05, 0) is 24.0 Å². The predicted octanol–water partition coefficient (Wildman–Crippen LogP) is 3.46. The Morgan fingerprint density at radius 1 is 1.56 bits per heavy atom. The molecular weight excluding hydrogens is 228 g/mol. The molecule has 1 aliphatic carbocycles. The molecular formula is C11H13ClN2O2. The van der Waals surface area contributed by atoms with E-state index in [9.17, 15) is 10.1 Å². The SMILES string of the molecule is CC1(C)CC1Nc1cc(Cl)ccc1[N+](=O)[O-]. The number of benzene rings is 1. The Hall–Kier alpha value is -1.29. The molecule has 0 spiro atoms. The zero-order chi connectivity index (χ0) is 11.9. The molecule has 0 bridgehead atoms. The van der Waals surface area contributed by atoms with Crippen LogP contribution in [0.25, 0.3) is 0 Å². The molecule has 4 nitrogen and oxygen atoms in total. The Morgan fingerprint density at radius 2 is 2.19 bits per heavy atom. The summed E-state index contributed by atoms with van der Waals surface area (Å²) in [4.78, 5) is 10.4. The number of nitro benzene ring substituents is 1. The molecule has 0 saturated heterocycles. The molecule has 0 aliphatic heterocycles. The van der Waals surface area contributed by atoms with E-state index in [1.54, 1.807) is 6.07 Å². The van der Waals surface area contributed by atoms with Gasteiger partial charge in [-0.2, -0.15) is 0 Å². The number of hydrogen-bond acceptors (Lipinski definition) is 3. The van der Waals surface area contributed by atoms with Gasteiger partial charge in [-0.3, -0.25) is 10.1 Å². The van der Waals surface area contributed by atoms with Crippen LogP contribution < -0.4 is 5.32 Å². The largest absolute Gasteiger partial charge is 0.376 e. The minimum Gasteiger partial charge on any atom is -0.376 e. The summed E-state index contributed by atoms with van der Waals surface area (Å²) in [7, 11) is 0. The fourth-order valence-electron chi connectivity index (χ4n) is 1.68. The topological polar surface area (TPSA) is 55.2 Å². The third-order valence-electron chi connectivity index (χ3n) is 3.00. The van der Waals surface area contributed by atoms with Crippen molar-refractivity contribution in [2.24, 2.45) is 5.41 Å². The van der Waals surface area contributed by atoms with Crippen LogP contribution in [0.4, 0.5) is 11.4 Å². The smallest absolute Gasteiger partial charge is 0.292 e. The zero-order valence-electron chi connectivity index (χ0n) is 9.16. The maximum absolute atomic E-state index is 10.8. The van der Waals surface area contributed by atoms with Crippen molar-refractivity contribution < 1.29 is 4.92 Å². The van der Waals surface area contributed by atoms with Crippen molar-refractivity contribution in [1.82, 2.24) is 0 Å². The molecule has 1 fully saturated rings. The second-order valence-electron chi connectivity index (χ2n) is 4.81. The standard InChI is InChI=1S/C11H13ClN2O2/c1-11(2)6-10(11)13-8-5-7(12)3-4-9(8)14(15)16/h3-5,10,13H,6H2,1-2H3. The van der Waals surface area contributed by atoms with E-state index in [0.717, 1.165) is 6.42 Å². The monoisotopic (exact) mass is 240 g/mol. The van der Waals surface area contributed by atoms with Crippen LogP contribution in [0.5, 0.6) is 0 Å². The minimum absolute atomic E-state index is 0.0760. The van der Waals surface area contributed by atoms with Gasteiger partial charge in [0, 0.05) is 17.1 Å². The average Bonchev–Trinajstić information content (AvgIpc) is 2.72. The molecule has 2 rings (SSSR count). The van der Waals surface area contributed by atoms with E-state index in [-0.39, 0.29) is 11.1 Å². The van der Waals surface area contributed by atoms with Crippen LogP contribution in [-0.2, 0) is 0 Å². The molecule has 1 aromatic carbocycles. The number of rotatable bonds is 3.